The predicted molar refractivity (Wildman–Crippen MR) is 120 cm³/mol. The lowest BCUT2D eigenvalue weighted by Crippen LogP contribution is -2.68. The predicted octanol–water partition coefficient (Wildman–Crippen LogP) is 3.45. The molecule has 1 aliphatic carbocycles. The van der Waals surface area contributed by atoms with Gasteiger partial charge in [0.05, 0.1) is 19.8 Å². The summed E-state index contributed by atoms with van der Waals surface area (Å²) in [6, 6.07) is 20.9. The summed E-state index contributed by atoms with van der Waals surface area (Å²) < 4.78 is 18.9. The van der Waals surface area contributed by atoms with Gasteiger partial charge in [0, 0.05) is 0 Å². The van der Waals surface area contributed by atoms with Gasteiger partial charge < -0.3 is 13.9 Å². The second-order valence-corrected chi connectivity index (χ2v) is 13.7. The first-order chi connectivity index (χ1) is 14.3. The Morgan fingerprint density at radius 2 is 1.43 bits per heavy atom. The standard InChI is InChI=1S/C25H30O4Si/c1-23(2,3)30(20-11-7-5-8-12-20,21-13-9-6-10-14-21)29-19-24(4)22(26)15-16-25(24)27-17-18-28-25/h5-16H,17-19H2,1-4H3/t24-/m0/s1. The molecular formula is C25H30O4Si. The molecule has 4 nitrogen and oxygen atoms in total. The van der Waals surface area contributed by atoms with Crippen LogP contribution in [0.15, 0.2) is 72.8 Å². The van der Waals surface area contributed by atoms with Gasteiger partial charge in [-0.3, -0.25) is 4.79 Å². The molecule has 158 valence electrons. The van der Waals surface area contributed by atoms with Gasteiger partial charge in [-0.1, -0.05) is 81.4 Å². The van der Waals surface area contributed by atoms with E-state index in [1.807, 2.05) is 19.1 Å². The van der Waals surface area contributed by atoms with Gasteiger partial charge in [-0.05, 0) is 34.5 Å². The van der Waals surface area contributed by atoms with Crippen LogP contribution in [0.3, 0.4) is 0 Å². The summed E-state index contributed by atoms with van der Waals surface area (Å²) in [5, 5.41) is 2.21. The Morgan fingerprint density at radius 3 is 1.90 bits per heavy atom. The molecule has 1 fully saturated rings. The van der Waals surface area contributed by atoms with Crippen LogP contribution in [0.4, 0.5) is 0 Å². The molecule has 1 heterocycles. The van der Waals surface area contributed by atoms with Gasteiger partial charge >= 0.3 is 0 Å². The fourth-order valence-corrected chi connectivity index (χ4v) is 9.41. The highest BCUT2D eigenvalue weighted by Crippen LogP contribution is 2.47. The lowest BCUT2D eigenvalue weighted by atomic mass is 9.82. The Kier molecular flexibility index (Phi) is 5.35. The molecular weight excluding hydrogens is 392 g/mol. The number of ketones is 1. The van der Waals surface area contributed by atoms with Crippen molar-refractivity contribution in [3.05, 3.63) is 72.8 Å². The summed E-state index contributed by atoms with van der Waals surface area (Å²) in [6.07, 6.45) is 3.34. The molecule has 1 aliphatic heterocycles. The van der Waals surface area contributed by atoms with Gasteiger partial charge in [0.15, 0.2) is 5.78 Å². The zero-order valence-corrected chi connectivity index (χ0v) is 19.2. The third-order valence-electron chi connectivity index (χ3n) is 6.48. The maximum atomic E-state index is 13.0. The molecule has 1 saturated heterocycles. The molecule has 0 bridgehead atoms. The van der Waals surface area contributed by atoms with Crippen molar-refractivity contribution in [3.8, 4) is 0 Å². The molecule has 5 heteroatoms. The van der Waals surface area contributed by atoms with Gasteiger partial charge in [0.1, 0.15) is 5.41 Å². The summed E-state index contributed by atoms with van der Waals surface area (Å²) in [6.45, 7) is 9.78. The van der Waals surface area contributed by atoms with Gasteiger partial charge in [0.25, 0.3) is 8.32 Å². The van der Waals surface area contributed by atoms with Gasteiger partial charge in [-0.15, -0.1) is 0 Å². The van der Waals surface area contributed by atoms with Crippen LogP contribution in [-0.4, -0.2) is 39.7 Å². The molecule has 2 aliphatic rings. The van der Waals surface area contributed by atoms with Crippen molar-refractivity contribution in [2.45, 2.75) is 38.5 Å². The van der Waals surface area contributed by atoms with Crippen molar-refractivity contribution in [3.63, 3.8) is 0 Å². The van der Waals surface area contributed by atoms with Gasteiger partial charge in [0.2, 0.25) is 5.79 Å². The van der Waals surface area contributed by atoms with E-state index in [1.165, 1.54) is 10.4 Å². The Hall–Kier alpha value is -2.05. The molecule has 0 aromatic heterocycles. The van der Waals surface area contributed by atoms with E-state index in [-0.39, 0.29) is 17.4 Å². The number of carbonyl (C=O) groups excluding carboxylic acids is 1. The second kappa shape index (κ2) is 7.57. The highest BCUT2D eigenvalue weighted by Gasteiger charge is 2.61. The Morgan fingerprint density at radius 1 is 0.933 bits per heavy atom. The molecule has 1 spiro atoms. The van der Waals surface area contributed by atoms with Crippen molar-refractivity contribution in [2.75, 3.05) is 19.8 Å². The van der Waals surface area contributed by atoms with E-state index in [2.05, 4.69) is 69.3 Å². The minimum Gasteiger partial charge on any atom is -0.406 e. The van der Waals surface area contributed by atoms with Crippen LogP contribution in [0, 0.1) is 5.41 Å². The molecule has 0 amide bonds. The molecule has 2 aromatic carbocycles. The molecule has 2 aromatic rings. The quantitative estimate of drug-likeness (QED) is 0.693. The van der Waals surface area contributed by atoms with Crippen LogP contribution in [0.25, 0.3) is 0 Å². The Bertz CT molecular complexity index is 887. The van der Waals surface area contributed by atoms with Crippen LogP contribution in [0.1, 0.15) is 27.7 Å². The number of hydrogen-bond acceptors (Lipinski definition) is 4. The van der Waals surface area contributed by atoms with Crippen LogP contribution < -0.4 is 10.4 Å². The monoisotopic (exact) mass is 422 g/mol. The maximum absolute atomic E-state index is 13.0. The number of ether oxygens (including phenoxy) is 2. The fraction of sp³-hybridized carbons (Fsp3) is 0.400. The first-order valence-corrected chi connectivity index (χ1v) is 12.4. The van der Waals surface area contributed by atoms with Crippen LogP contribution in [0.2, 0.25) is 5.04 Å². The third kappa shape index (κ3) is 3.12. The van der Waals surface area contributed by atoms with Crippen molar-refractivity contribution in [1.82, 2.24) is 0 Å². The highest BCUT2D eigenvalue weighted by atomic mass is 28.4. The molecule has 0 unspecified atom stereocenters. The van der Waals surface area contributed by atoms with Crippen LogP contribution in [0.5, 0.6) is 0 Å². The van der Waals surface area contributed by atoms with E-state index in [9.17, 15) is 4.79 Å². The van der Waals surface area contributed by atoms with Crippen LogP contribution in [-0.2, 0) is 18.7 Å². The summed E-state index contributed by atoms with van der Waals surface area (Å²) in [5.74, 6) is -1.04. The molecule has 0 N–H and O–H groups in total. The lowest BCUT2D eigenvalue weighted by molar-refractivity contribution is -0.197. The number of allylic oxidation sites excluding steroid dienone is 1. The van der Waals surface area contributed by atoms with Crippen molar-refractivity contribution < 1.29 is 18.7 Å². The first kappa shape index (κ1) is 21.2. The van der Waals surface area contributed by atoms with E-state index < -0.39 is 19.5 Å². The van der Waals surface area contributed by atoms with E-state index in [1.54, 1.807) is 12.2 Å². The van der Waals surface area contributed by atoms with E-state index in [0.717, 1.165) is 0 Å². The summed E-state index contributed by atoms with van der Waals surface area (Å²) in [5.41, 5.74) is -0.920. The van der Waals surface area contributed by atoms with E-state index in [0.29, 0.717) is 13.2 Å². The molecule has 4 rings (SSSR count). The summed E-state index contributed by atoms with van der Waals surface area (Å²) in [7, 11) is -2.75. The minimum atomic E-state index is -2.75. The zero-order chi connectivity index (χ0) is 21.5. The number of hydrogen-bond donors (Lipinski definition) is 0. The molecule has 0 radical (unpaired) electrons. The van der Waals surface area contributed by atoms with Gasteiger partial charge in [-0.25, -0.2) is 0 Å². The molecule has 30 heavy (non-hydrogen) atoms. The van der Waals surface area contributed by atoms with E-state index in [4.69, 9.17) is 13.9 Å². The summed E-state index contributed by atoms with van der Waals surface area (Å²) in [4.78, 5) is 13.0. The minimum absolute atomic E-state index is 0.0117. The highest BCUT2D eigenvalue weighted by molar-refractivity contribution is 6.99. The van der Waals surface area contributed by atoms with Crippen LogP contribution >= 0.6 is 0 Å². The average molecular weight is 423 g/mol. The van der Waals surface area contributed by atoms with Crippen molar-refractivity contribution in [1.29, 1.82) is 0 Å². The zero-order valence-electron chi connectivity index (χ0n) is 18.2. The van der Waals surface area contributed by atoms with E-state index >= 15 is 0 Å². The Labute approximate surface area is 180 Å². The normalized spacial score (nSPS) is 23.4. The summed E-state index contributed by atoms with van der Waals surface area (Å²) >= 11 is 0. The number of carbonyl (C=O) groups is 1. The number of rotatable bonds is 5. The largest absolute Gasteiger partial charge is 0.406 e. The van der Waals surface area contributed by atoms with Crippen molar-refractivity contribution in [2.24, 2.45) is 5.41 Å². The smallest absolute Gasteiger partial charge is 0.261 e. The number of benzene rings is 2. The van der Waals surface area contributed by atoms with Crippen molar-refractivity contribution >= 4 is 24.5 Å². The Balaban J connectivity index is 1.81. The average Bonchev–Trinajstić information content (AvgIpc) is 3.31. The fourth-order valence-electron chi connectivity index (χ4n) is 4.75. The molecule has 0 saturated carbocycles. The second-order valence-electron chi connectivity index (χ2n) is 9.35. The first-order valence-electron chi connectivity index (χ1n) is 10.5. The van der Waals surface area contributed by atoms with Gasteiger partial charge in [-0.2, -0.15) is 0 Å². The topological polar surface area (TPSA) is 44.8 Å². The SMILES string of the molecule is CC(C)(C)[Si](OC[C@@]1(C)C(=O)C=CC12OCCO2)(c1ccccc1)c1ccccc1. The maximum Gasteiger partial charge on any atom is 0.261 e. The third-order valence-corrected chi connectivity index (χ3v) is 11.5. The lowest BCUT2D eigenvalue weighted by Gasteiger charge is -2.46. The molecule has 1 atom stereocenters.